The summed E-state index contributed by atoms with van der Waals surface area (Å²) >= 11 is 0. The molecule has 22 heavy (non-hydrogen) atoms. The first-order chi connectivity index (χ1) is 10.3. The molecule has 0 unspecified atom stereocenters. The number of hydrogen-bond donors (Lipinski definition) is 0. The molecule has 3 saturated carbocycles. The molecule has 4 rings (SSSR count). The highest BCUT2D eigenvalue weighted by Gasteiger charge is 2.56. The van der Waals surface area contributed by atoms with Crippen LogP contribution < -0.4 is 0 Å². The summed E-state index contributed by atoms with van der Waals surface area (Å²) in [5.74, 6) is 2.16. The van der Waals surface area contributed by atoms with Gasteiger partial charge in [0.25, 0.3) is 0 Å². The molecule has 1 nitrogen and oxygen atoms in total. The lowest BCUT2D eigenvalue weighted by Crippen LogP contribution is -2.51. The Labute approximate surface area is 135 Å². The lowest BCUT2D eigenvalue weighted by molar-refractivity contribution is -0.117. The molecule has 0 aromatic heterocycles. The van der Waals surface area contributed by atoms with Gasteiger partial charge in [0, 0.05) is 12.8 Å². The van der Waals surface area contributed by atoms with Gasteiger partial charge in [0.15, 0.2) is 0 Å². The fraction of sp³-hybridized carbons (Fsp3) is 0.857. The monoisotopic (exact) mass is 300 g/mol. The van der Waals surface area contributed by atoms with E-state index in [0.717, 1.165) is 24.7 Å². The van der Waals surface area contributed by atoms with Crippen LogP contribution >= 0.6 is 0 Å². The summed E-state index contributed by atoms with van der Waals surface area (Å²) in [7, 11) is 0. The average molecular weight is 300 g/mol. The lowest BCUT2D eigenvalue weighted by Gasteiger charge is -2.60. The van der Waals surface area contributed by atoms with Crippen molar-refractivity contribution in [3.05, 3.63) is 11.1 Å². The van der Waals surface area contributed by atoms with Crippen LogP contribution in [0.4, 0.5) is 0 Å². The fourth-order valence-corrected chi connectivity index (χ4v) is 7.26. The highest BCUT2D eigenvalue weighted by atomic mass is 16.1. The van der Waals surface area contributed by atoms with Crippen molar-refractivity contribution in [3.8, 4) is 0 Å². The first-order valence-corrected chi connectivity index (χ1v) is 9.50. The Hall–Kier alpha value is -0.590. The molecule has 0 radical (unpaired) electrons. The third-order valence-corrected chi connectivity index (χ3v) is 8.26. The summed E-state index contributed by atoms with van der Waals surface area (Å²) in [5.41, 5.74) is 4.58. The van der Waals surface area contributed by atoms with E-state index >= 15 is 0 Å². The maximum absolute atomic E-state index is 12.1. The fourth-order valence-electron chi connectivity index (χ4n) is 7.26. The van der Waals surface area contributed by atoms with Crippen LogP contribution in [0.5, 0.6) is 0 Å². The molecule has 122 valence electrons. The number of rotatable bonds is 0. The number of allylic oxidation sites excluding steroid dienone is 2. The molecule has 0 aliphatic heterocycles. The van der Waals surface area contributed by atoms with Gasteiger partial charge in [0.05, 0.1) is 0 Å². The third kappa shape index (κ3) is 1.86. The van der Waals surface area contributed by atoms with E-state index < -0.39 is 0 Å². The minimum absolute atomic E-state index is 0.232. The number of hydrogen-bond acceptors (Lipinski definition) is 1. The van der Waals surface area contributed by atoms with Gasteiger partial charge in [-0.1, -0.05) is 45.3 Å². The van der Waals surface area contributed by atoms with Crippen molar-refractivity contribution in [2.24, 2.45) is 28.1 Å². The summed E-state index contributed by atoms with van der Waals surface area (Å²) in [6.07, 6.45) is 11.1. The summed E-state index contributed by atoms with van der Waals surface area (Å²) in [4.78, 5) is 12.1. The Morgan fingerprint density at radius 1 is 1.00 bits per heavy atom. The molecule has 0 N–H and O–H groups in total. The predicted molar refractivity (Wildman–Crippen MR) is 90.6 cm³/mol. The molecule has 0 bridgehead atoms. The zero-order chi connectivity index (χ0) is 15.8. The van der Waals surface area contributed by atoms with Gasteiger partial charge in [-0.15, -0.1) is 0 Å². The van der Waals surface area contributed by atoms with E-state index in [9.17, 15) is 4.79 Å². The molecule has 0 spiro atoms. The molecule has 0 aromatic carbocycles. The summed E-state index contributed by atoms with van der Waals surface area (Å²) < 4.78 is 0. The van der Waals surface area contributed by atoms with Gasteiger partial charge in [-0.25, -0.2) is 0 Å². The average Bonchev–Trinajstić information content (AvgIpc) is 2.72. The van der Waals surface area contributed by atoms with E-state index in [2.05, 4.69) is 27.7 Å². The van der Waals surface area contributed by atoms with Crippen molar-refractivity contribution in [2.45, 2.75) is 85.5 Å². The summed E-state index contributed by atoms with van der Waals surface area (Å²) in [5, 5.41) is 0. The molecule has 1 heteroatoms. The van der Waals surface area contributed by atoms with Gasteiger partial charge in [-0.2, -0.15) is 0 Å². The molecule has 4 aliphatic rings. The molecule has 3 fully saturated rings. The van der Waals surface area contributed by atoms with Crippen molar-refractivity contribution in [1.29, 1.82) is 0 Å². The van der Waals surface area contributed by atoms with Gasteiger partial charge < -0.3 is 0 Å². The SMILES string of the molecule is CC1(C)CCC[C@]2(C)[C@H]3CC[C@]4(C)CC(=O)CC4=C3CC[C@@H]12. The Kier molecular flexibility index (Phi) is 3.05. The molecule has 0 saturated heterocycles. The third-order valence-electron chi connectivity index (χ3n) is 8.26. The minimum atomic E-state index is 0.232. The summed E-state index contributed by atoms with van der Waals surface area (Å²) in [6.45, 7) is 10.00. The standard InChI is InChI=1S/C21H32O/c1-19(2)9-5-10-21(4)16-8-11-20(3)13-14(22)12-17(20)15(16)6-7-18(19)21/h16,18H,5-13H2,1-4H3/t16-,18-,20+,21+/m0/s1. The second-order valence-corrected chi connectivity index (χ2v) is 9.99. The van der Waals surface area contributed by atoms with Gasteiger partial charge >= 0.3 is 0 Å². The van der Waals surface area contributed by atoms with E-state index in [1.165, 1.54) is 44.9 Å². The topological polar surface area (TPSA) is 17.1 Å². The first kappa shape index (κ1) is 15.0. The molecule has 4 atom stereocenters. The normalized spacial score (nSPS) is 47.0. The predicted octanol–water partition coefficient (Wildman–Crippen LogP) is 5.69. The maximum Gasteiger partial charge on any atom is 0.137 e. The molecule has 0 heterocycles. The van der Waals surface area contributed by atoms with Gasteiger partial charge in [0.1, 0.15) is 5.78 Å². The van der Waals surface area contributed by atoms with Crippen LogP contribution in [0.25, 0.3) is 0 Å². The van der Waals surface area contributed by atoms with E-state index in [0.29, 0.717) is 16.6 Å². The van der Waals surface area contributed by atoms with Crippen LogP contribution in [0.2, 0.25) is 0 Å². The Morgan fingerprint density at radius 3 is 2.55 bits per heavy atom. The molecule has 0 amide bonds. The first-order valence-electron chi connectivity index (χ1n) is 9.50. The van der Waals surface area contributed by atoms with E-state index in [1.807, 2.05) is 0 Å². The van der Waals surface area contributed by atoms with Crippen molar-refractivity contribution in [2.75, 3.05) is 0 Å². The van der Waals surface area contributed by atoms with Gasteiger partial charge in [0.2, 0.25) is 0 Å². The van der Waals surface area contributed by atoms with Crippen LogP contribution in [-0.2, 0) is 4.79 Å². The van der Waals surface area contributed by atoms with E-state index in [4.69, 9.17) is 0 Å². The quantitative estimate of drug-likeness (QED) is 0.525. The number of carbonyl (C=O) groups is 1. The van der Waals surface area contributed by atoms with Crippen LogP contribution in [0.1, 0.15) is 85.5 Å². The smallest absolute Gasteiger partial charge is 0.137 e. The largest absolute Gasteiger partial charge is 0.299 e. The van der Waals surface area contributed by atoms with Crippen LogP contribution in [0, 0.1) is 28.1 Å². The number of ketones is 1. The van der Waals surface area contributed by atoms with Crippen LogP contribution in [0.3, 0.4) is 0 Å². The molecule has 4 aliphatic carbocycles. The van der Waals surface area contributed by atoms with E-state index in [-0.39, 0.29) is 5.41 Å². The molecular formula is C21H32O. The molecule has 0 aromatic rings. The maximum atomic E-state index is 12.1. The van der Waals surface area contributed by atoms with Gasteiger partial charge in [-0.3, -0.25) is 4.79 Å². The number of carbonyl (C=O) groups excluding carboxylic acids is 1. The van der Waals surface area contributed by atoms with Crippen molar-refractivity contribution >= 4 is 5.78 Å². The minimum Gasteiger partial charge on any atom is -0.299 e. The van der Waals surface area contributed by atoms with Crippen LogP contribution in [-0.4, -0.2) is 5.78 Å². The Balaban J connectivity index is 1.78. The Morgan fingerprint density at radius 2 is 1.77 bits per heavy atom. The van der Waals surface area contributed by atoms with E-state index in [1.54, 1.807) is 11.1 Å². The zero-order valence-electron chi connectivity index (χ0n) is 14.9. The molecular weight excluding hydrogens is 268 g/mol. The number of fused-ring (bicyclic) bond motifs is 4. The Bertz CT molecular complexity index is 554. The van der Waals surface area contributed by atoms with Crippen molar-refractivity contribution in [1.82, 2.24) is 0 Å². The van der Waals surface area contributed by atoms with Crippen LogP contribution in [0.15, 0.2) is 11.1 Å². The summed E-state index contributed by atoms with van der Waals surface area (Å²) in [6, 6.07) is 0. The number of Topliss-reactive ketones (excluding diaryl/α,β-unsaturated/α-hetero) is 1. The second-order valence-electron chi connectivity index (χ2n) is 9.99. The van der Waals surface area contributed by atoms with Crippen molar-refractivity contribution in [3.63, 3.8) is 0 Å². The second kappa shape index (κ2) is 4.48. The zero-order valence-corrected chi connectivity index (χ0v) is 14.9. The highest BCUT2D eigenvalue weighted by Crippen LogP contribution is 2.66. The van der Waals surface area contributed by atoms with Gasteiger partial charge in [-0.05, 0) is 66.6 Å². The lowest BCUT2D eigenvalue weighted by atomic mass is 9.45. The van der Waals surface area contributed by atoms with Crippen molar-refractivity contribution < 1.29 is 4.79 Å². The highest BCUT2D eigenvalue weighted by molar-refractivity contribution is 5.86.